The third-order valence-corrected chi connectivity index (χ3v) is 3.54. The Balaban J connectivity index is 1.88. The van der Waals surface area contributed by atoms with Crippen LogP contribution in [0.3, 0.4) is 0 Å². The molecule has 0 spiro atoms. The van der Waals surface area contributed by atoms with Crippen molar-refractivity contribution < 1.29 is 4.74 Å². The van der Waals surface area contributed by atoms with Crippen LogP contribution in [-0.2, 0) is 11.3 Å². The molecule has 18 heavy (non-hydrogen) atoms. The average Bonchev–Trinajstić information content (AvgIpc) is 3.18. The lowest BCUT2D eigenvalue weighted by molar-refractivity contribution is 0.131. The number of hydrogen-bond donors (Lipinski definition) is 1. The highest BCUT2D eigenvalue weighted by molar-refractivity contribution is 5.58. The molecule has 100 valence electrons. The van der Waals surface area contributed by atoms with Gasteiger partial charge in [0, 0.05) is 32.4 Å². The molecule has 0 saturated heterocycles. The standard InChI is InChI=1S/C15H24N2O/c1-12-4-3-5-14(10-16)15(12)17(2)8-9-18-11-13-6-7-13/h3-5,13H,6-11,16H2,1-2H3. The number of nitrogens with two attached hydrogens (primary N) is 1. The highest BCUT2D eigenvalue weighted by Gasteiger charge is 2.21. The molecule has 3 heteroatoms. The molecule has 3 nitrogen and oxygen atoms in total. The molecule has 0 bridgehead atoms. The van der Waals surface area contributed by atoms with E-state index >= 15 is 0 Å². The zero-order valence-electron chi connectivity index (χ0n) is 11.5. The first kappa shape index (κ1) is 13.4. The molecule has 1 aromatic rings. The minimum Gasteiger partial charge on any atom is -0.379 e. The Morgan fingerprint density at radius 1 is 1.39 bits per heavy atom. The minimum absolute atomic E-state index is 0.588. The number of anilines is 1. The lowest BCUT2D eigenvalue weighted by atomic mass is 10.1. The summed E-state index contributed by atoms with van der Waals surface area (Å²) in [4.78, 5) is 2.25. The van der Waals surface area contributed by atoms with E-state index in [0.717, 1.165) is 25.7 Å². The van der Waals surface area contributed by atoms with Crippen molar-refractivity contribution in [3.63, 3.8) is 0 Å². The Morgan fingerprint density at radius 2 is 2.17 bits per heavy atom. The third-order valence-electron chi connectivity index (χ3n) is 3.54. The fraction of sp³-hybridized carbons (Fsp3) is 0.600. The molecule has 0 unspecified atom stereocenters. The Labute approximate surface area is 110 Å². The van der Waals surface area contributed by atoms with Crippen LogP contribution in [0.2, 0.25) is 0 Å². The van der Waals surface area contributed by atoms with E-state index in [1.54, 1.807) is 0 Å². The first-order chi connectivity index (χ1) is 8.72. The van der Waals surface area contributed by atoms with E-state index in [1.807, 2.05) is 0 Å². The van der Waals surface area contributed by atoms with Crippen molar-refractivity contribution in [2.24, 2.45) is 11.7 Å². The lowest BCUT2D eigenvalue weighted by Gasteiger charge is -2.24. The van der Waals surface area contributed by atoms with Crippen molar-refractivity contribution in [3.05, 3.63) is 29.3 Å². The summed E-state index contributed by atoms with van der Waals surface area (Å²) >= 11 is 0. The number of likely N-dealkylation sites (N-methyl/N-ethyl adjacent to an activating group) is 1. The van der Waals surface area contributed by atoms with E-state index < -0.39 is 0 Å². The number of hydrogen-bond acceptors (Lipinski definition) is 3. The van der Waals surface area contributed by atoms with Crippen LogP contribution < -0.4 is 10.6 Å². The van der Waals surface area contributed by atoms with Gasteiger partial charge in [-0.15, -0.1) is 0 Å². The van der Waals surface area contributed by atoms with Crippen LogP contribution >= 0.6 is 0 Å². The first-order valence-electron chi connectivity index (χ1n) is 6.79. The number of nitrogens with zero attached hydrogens (tertiary/aromatic N) is 1. The highest BCUT2D eigenvalue weighted by Crippen LogP contribution is 2.29. The van der Waals surface area contributed by atoms with Crippen LogP contribution in [0, 0.1) is 12.8 Å². The largest absolute Gasteiger partial charge is 0.379 e. The topological polar surface area (TPSA) is 38.5 Å². The molecule has 1 aromatic carbocycles. The summed E-state index contributed by atoms with van der Waals surface area (Å²) in [6.07, 6.45) is 2.70. The van der Waals surface area contributed by atoms with Crippen LogP contribution in [0.15, 0.2) is 18.2 Å². The Bertz CT molecular complexity index is 388. The van der Waals surface area contributed by atoms with E-state index in [-0.39, 0.29) is 0 Å². The molecule has 1 aliphatic carbocycles. The molecule has 0 heterocycles. The average molecular weight is 248 g/mol. The van der Waals surface area contributed by atoms with Gasteiger partial charge in [-0.25, -0.2) is 0 Å². The van der Waals surface area contributed by atoms with E-state index in [0.29, 0.717) is 6.54 Å². The molecular formula is C15H24N2O. The van der Waals surface area contributed by atoms with E-state index in [1.165, 1.54) is 29.7 Å². The monoisotopic (exact) mass is 248 g/mol. The zero-order valence-corrected chi connectivity index (χ0v) is 11.5. The second-order valence-corrected chi connectivity index (χ2v) is 5.23. The van der Waals surface area contributed by atoms with Gasteiger partial charge in [-0.05, 0) is 36.8 Å². The fourth-order valence-electron chi connectivity index (χ4n) is 2.28. The van der Waals surface area contributed by atoms with Crippen molar-refractivity contribution in [3.8, 4) is 0 Å². The maximum atomic E-state index is 5.80. The van der Waals surface area contributed by atoms with Gasteiger partial charge >= 0.3 is 0 Å². The van der Waals surface area contributed by atoms with Gasteiger partial charge in [0.1, 0.15) is 0 Å². The van der Waals surface area contributed by atoms with Crippen molar-refractivity contribution in [1.82, 2.24) is 0 Å². The number of aryl methyl sites for hydroxylation is 1. The van der Waals surface area contributed by atoms with Gasteiger partial charge < -0.3 is 15.4 Å². The van der Waals surface area contributed by atoms with Crippen LogP contribution in [0.5, 0.6) is 0 Å². The van der Waals surface area contributed by atoms with Gasteiger partial charge in [0.15, 0.2) is 0 Å². The molecule has 1 saturated carbocycles. The quantitative estimate of drug-likeness (QED) is 0.753. The van der Waals surface area contributed by atoms with Gasteiger partial charge in [0.2, 0.25) is 0 Å². The summed E-state index contributed by atoms with van der Waals surface area (Å²) in [6.45, 7) is 5.38. The summed E-state index contributed by atoms with van der Waals surface area (Å²) in [5.74, 6) is 0.841. The molecule has 1 aliphatic rings. The second-order valence-electron chi connectivity index (χ2n) is 5.23. The van der Waals surface area contributed by atoms with E-state index in [2.05, 4.69) is 37.1 Å². The number of benzene rings is 1. The summed E-state index contributed by atoms with van der Waals surface area (Å²) < 4.78 is 5.69. The maximum absolute atomic E-state index is 5.80. The third kappa shape index (κ3) is 3.47. The SMILES string of the molecule is Cc1cccc(CN)c1N(C)CCOCC1CC1. The van der Waals surface area contributed by atoms with Crippen LogP contribution in [0.1, 0.15) is 24.0 Å². The van der Waals surface area contributed by atoms with Gasteiger partial charge in [0.05, 0.1) is 6.61 Å². The number of rotatable bonds is 7. The van der Waals surface area contributed by atoms with Gasteiger partial charge in [-0.3, -0.25) is 0 Å². The highest BCUT2D eigenvalue weighted by atomic mass is 16.5. The molecule has 0 aliphatic heterocycles. The van der Waals surface area contributed by atoms with Crippen molar-refractivity contribution in [2.45, 2.75) is 26.3 Å². The Morgan fingerprint density at radius 3 is 2.83 bits per heavy atom. The normalized spacial score (nSPS) is 14.8. The summed E-state index contributed by atoms with van der Waals surface area (Å²) in [7, 11) is 2.11. The number of ether oxygens (including phenoxy) is 1. The summed E-state index contributed by atoms with van der Waals surface area (Å²) in [6, 6.07) is 6.30. The Kier molecular flexibility index (Phi) is 4.61. The van der Waals surface area contributed by atoms with Crippen molar-refractivity contribution in [2.75, 3.05) is 31.7 Å². The molecule has 0 amide bonds. The maximum Gasteiger partial charge on any atom is 0.0641 e. The van der Waals surface area contributed by atoms with E-state index in [4.69, 9.17) is 10.5 Å². The molecule has 0 aromatic heterocycles. The minimum atomic E-state index is 0.588. The molecule has 2 N–H and O–H groups in total. The van der Waals surface area contributed by atoms with Crippen LogP contribution in [-0.4, -0.2) is 26.8 Å². The molecule has 2 rings (SSSR count). The zero-order chi connectivity index (χ0) is 13.0. The second kappa shape index (κ2) is 6.21. The van der Waals surface area contributed by atoms with Gasteiger partial charge in [-0.1, -0.05) is 18.2 Å². The van der Waals surface area contributed by atoms with Crippen molar-refractivity contribution >= 4 is 5.69 Å². The smallest absolute Gasteiger partial charge is 0.0641 e. The van der Waals surface area contributed by atoms with E-state index in [9.17, 15) is 0 Å². The van der Waals surface area contributed by atoms with Crippen LogP contribution in [0.25, 0.3) is 0 Å². The Hall–Kier alpha value is -1.06. The van der Waals surface area contributed by atoms with Crippen LogP contribution in [0.4, 0.5) is 5.69 Å². The fourth-order valence-corrected chi connectivity index (χ4v) is 2.28. The molecule has 0 radical (unpaired) electrons. The van der Waals surface area contributed by atoms with Gasteiger partial charge in [0.25, 0.3) is 0 Å². The first-order valence-corrected chi connectivity index (χ1v) is 6.79. The molecule has 1 fully saturated rings. The number of para-hydroxylation sites is 1. The molecule has 0 atom stereocenters. The predicted octanol–water partition coefficient (Wildman–Crippen LogP) is 2.32. The summed E-state index contributed by atoms with van der Waals surface area (Å²) in [5, 5.41) is 0. The van der Waals surface area contributed by atoms with Crippen molar-refractivity contribution in [1.29, 1.82) is 0 Å². The molecular weight excluding hydrogens is 224 g/mol. The lowest BCUT2D eigenvalue weighted by Crippen LogP contribution is -2.25. The summed E-state index contributed by atoms with van der Waals surface area (Å²) in [5.41, 5.74) is 9.55. The predicted molar refractivity (Wildman–Crippen MR) is 75.9 cm³/mol. The van der Waals surface area contributed by atoms with Gasteiger partial charge in [-0.2, -0.15) is 0 Å².